The summed E-state index contributed by atoms with van der Waals surface area (Å²) >= 11 is 0. The van der Waals surface area contributed by atoms with Crippen LogP contribution in [0.2, 0.25) is 0 Å². The summed E-state index contributed by atoms with van der Waals surface area (Å²) in [5.74, 6) is 1.36. The zero-order valence-corrected chi connectivity index (χ0v) is 25.2. The minimum absolute atomic E-state index is 0.143. The first kappa shape index (κ1) is 32.0. The van der Waals surface area contributed by atoms with Crippen molar-refractivity contribution in [3.8, 4) is 11.5 Å². The second-order valence-electron chi connectivity index (χ2n) is 11.4. The Morgan fingerprint density at radius 2 is 1.54 bits per heavy atom. The molecule has 0 aliphatic carbocycles. The third-order valence-electron chi connectivity index (χ3n) is 7.66. The molecular weight excluding hydrogens is 512 g/mol. The molecule has 0 spiro atoms. The number of aromatic hydroxyl groups is 1. The molecule has 1 atom stereocenters. The van der Waals surface area contributed by atoms with Gasteiger partial charge in [0.15, 0.2) is 0 Å². The molecule has 0 aliphatic rings. The smallest absolute Gasteiger partial charge is 0.404 e. The van der Waals surface area contributed by atoms with E-state index in [0.717, 1.165) is 55.5 Å². The lowest BCUT2D eigenvalue weighted by molar-refractivity contribution is 0.170. The number of carbonyl (C=O) groups is 1. The van der Waals surface area contributed by atoms with Crippen LogP contribution in [0.4, 0.5) is 4.79 Å². The van der Waals surface area contributed by atoms with E-state index < -0.39 is 6.09 Å². The largest absolute Gasteiger partial charge is 0.508 e. The number of aryl methyl sites for hydroxylation is 1. The molecule has 1 amide bonds. The standard InChI is InChI=1S/C35H48N2O4/c1-26(2)37(27(3)4)23-21-32(30-12-8-5-9-13-30)33-25-29(16-19-34(33)38)11-7-6-10-24-41-31-17-14-28(15-18-31)20-22-36-35(39)40/h5,8-9,12-19,25-27,32,36,38H,6-7,10-11,20-24H2,1-4H3,(H,39,40)/t32-/m1/s1. The van der Waals surface area contributed by atoms with Gasteiger partial charge in [0.05, 0.1) is 6.61 Å². The summed E-state index contributed by atoms with van der Waals surface area (Å²) in [4.78, 5) is 13.1. The van der Waals surface area contributed by atoms with Crippen molar-refractivity contribution >= 4 is 6.09 Å². The number of nitrogens with zero attached hydrogens (tertiary/aromatic N) is 1. The van der Waals surface area contributed by atoms with E-state index in [-0.39, 0.29) is 5.92 Å². The van der Waals surface area contributed by atoms with Crippen LogP contribution in [0.15, 0.2) is 72.8 Å². The molecule has 3 aromatic carbocycles. The van der Waals surface area contributed by atoms with Crippen LogP contribution in [0, 0.1) is 0 Å². The lowest BCUT2D eigenvalue weighted by atomic mass is 9.86. The van der Waals surface area contributed by atoms with E-state index in [1.54, 1.807) is 0 Å². The van der Waals surface area contributed by atoms with Gasteiger partial charge >= 0.3 is 6.09 Å². The first-order valence-electron chi connectivity index (χ1n) is 15.1. The Labute approximate surface area is 246 Å². The number of hydrogen-bond donors (Lipinski definition) is 3. The molecule has 0 saturated carbocycles. The van der Waals surface area contributed by atoms with Gasteiger partial charge < -0.3 is 20.3 Å². The van der Waals surface area contributed by atoms with Crippen LogP contribution in [0.25, 0.3) is 0 Å². The van der Waals surface area contributed by atoms with Crippen molar-refractivity contribution in [3.63, 3.8) is 0 Å². The Balaban J connectivity index is 1.52. The van der Waals surface area contributed by atoms with Crippen LogP contribution in [0.5, 0.6) is 11.5 Å². The van der Waals surface area contributed by atoms with Crippen molar-refractivity contribution in [2.24, 2.45) is 0 Å². The molecule has 41 heavy (non-hydrogen) atoms. The highest BCUT2D eigenvalue weighted by Gasteiger charge is 2.21. The molecule has 0 fully saturated rings. The predicted octanol–water partition coefficient (Wildman–Crippen LogP) is 7.63. The van der Waals surface area contributed by atoms with Crippen molar-refractivity contribution in [1.82, 2.24) is 10.2 Å². The third kappa shape index (κ3) is 10.8. The van der Waals surface area contributed by atoms with Gasteiger partial charge in [-0.15, -0.1) is 0 Å². The van der Waals surface area contributed by atoms with E-state index in [2.05, 4.69) is 74.3 Å². The average Bonchev–Trinajstić information content (AvgIpc) is 2.94. The Morgan fingerprint density at radius 1 is 0.854 bits per heavy atom. The fourth-order valence-corrected chi connectivity index (χ4v) is 5.48. The van der Waals surface area contributed by atoms with E-state index in [0.29, 0.717) is 37.4 Å². The maximum Gasteiger partial charge on any atom is 0.404 e. The van der Waals surface area contributed by atoms with Crippen LogP contribution in [-0.4, -0.2) is 53.0 Å². The number of amides is 1. The van der Waals surface area contributed by atoms with Crippen LogP contribution in [0.3, 0.4) is 0 Å². The molecule has 0 saturated heterocycles. The number of hydrogen-bond acceptors (Lipinski definition) is 4. The van der Waals surface area contributed by atoms with Gasteiger partial charge in [0.2, 0.25) is 0 Å². The van der Waals surface area contributed by atoms with Crippen molar-refractivity contribution in [3.05, 3.63) is 95.1 Å². The third-order valence-corrected chi connectivity index (χ3v) is 7.66. The molecule has 222 valence electrons. The number of phenolic OH excluding ortho intramolecular Hbond substituents is 1. The number of ether oxygens (including phenoxy) is 1. The van der Waals surface area contributed by atoms with E-state index in [1.165, 1.54) is 11.1 Å². The minimum Gasteiger partial charge on any atom is -0.508 e. The maximum absolute atomic E-state index is 10.9. The second-order valence-corrected chi connectivity index (χ2v) is 11.4. The van der Waals surface area contributed by atoms with E-state index in [4.69, 9.17) is 9.84 Å². The van der Waals surface area contributed by atoms with Crippen LogP contribution in [-0.2, 0) is 12.8 Å². The predicted molar refractivity (Wildman–Crippen MR) is 167 cm³/mol. The number of benzene rings is 3. The summed E-state index contributed by atoms with van der Waals surface area (Å²) in [5.41, 5.74) is 4.60. The van der Waals surface area contributed by atoms with Gasteiger partial charge in [0.1, 0.15) is 11.5 Å². The highest BCUT2D eigenvalue weighted by Crippen LogP contribution is 2.35. The molecule has 0 unspecified atom stereocenters. The van der Waals surface area contributed by atoms with Crippen molar-refractivity contribution in [1.29, 1.82) is 0 Å². The van der Waals surface area contributed by atoms with E-state index in [1.807, 2.05) is 36.4 Å². The normalized spacial score (nSPS) is 12.2. The monoisotopic (exact) mass is 560 g/mol. The van der Waals surface area contributed by atoms with Gasteiger partial charge in [-0.25, -0.2) is 4.79 Å². The van der Waals surface area contributed by atoms with Gasteiger partial charge in [-0.3, -0.25) is 4.90 Å². The first-order valence-corrected chi connectivity index (χ1v) is 15.1. The summed E-state index contributed by atoms with van der Waals surface area (Å²) in [5, 5.41) is 22.0. The van der Waals surface area contributed by atoms with Crippen molar-refractivity contribution in [2.45, 2.75) is 84.2 Å². The highest BCUT2D eigenvalue weighted by molar-refractivity contribution is 5.64. The lowest BCUT2D eigenvalue weighted by Gasteiger charge is -2.32. The van der Waals surface area contributed by atoms with Crippen LogP contribution < -0.4 is 10.1 Å². The molecule has 0 aliphatic heterocycles. The summed E-state index contributed by atoms with van der Waals surface area (Å²) in [7, 11) is 0. The Morgan fingerprint density at radius 3 is 2.20 bits per heavy atom. The minimum atomic E-state index is -0.998. The molecule has 0 radical (unpaired) electrons. The molecule has 0 aromatic heterocycles. The lowest BCUT2D eigenvalue weighted by Crippen LogP contribution is -2.38. The van der Waals surface area contributed by atoms with Crippen molar-refractivity contribution in [2.75, 3.05) is 19.7 Å². The molecule has 3 aromatic rings. The average molecular weight is 561 g/mol. The number of nitrogens with one attached hydrogen (secondary N) is 1. The van der Waals surface area contributed by atoms with Crippen molar-refractivity contribution < 1.29 is 19.7 Å². The molecule has 3 N–H and O–H groups in total. The maximum atomic E-state index is 10.9. The molecule has 6 nitrogen and oxygen atoms in total. The van der Waals surface area contributed by atoms with Gasteiger partial charge in [0, 0.05) is 30.1 Å². The number of unbranched alkanes of at least 4 members (excludes halogenated alkanes) is 2. The zero-order chi connectivity index (χ0) is 29.6. The summed E-state index contributed by atoms with van der Waals surface area (Å²) < 4.78 is 5.90. The van der Waals surface area contributed by atoms with Gasteiger partial charge in [-0.1, -0.05) is 54.6 Å². The molecule has 0 bridgehead atoms. The number of phenols is 1. The number of rotatable bonds is 17. The summed E-state index contributed by atoms with van der Waals surface area (Å²) in [6, 6.07) is 25.5. The van der Waals surface area contributed by atoms with E-state index in [9.17, 15) is 9.90 Å². The first-order chi connectivity index (χ1) is 19.7. The zero-order valence-electron chi connectivity index (χ0n) is 25.2. The quantitative estimate of drug-likeness (QED) is 0.148. The Hall–Kier alpha value is -3.51. The fraction of sp³-hybridized carbons (Fsp3) is 0.457. The SMILES string of the molecule is CC(C)N(CC[C@H](c1ccccc1)c1cc(CCCCCOc2ccc(CCNC(=O)O)cc2)ccc1O)C(C)C. The molecule has 6 heteroatoms. The molecule has 3 rings (SSSR count). The summed E-state index contributed by atoms with van der Waals surface area (Å²) in [6.07, 6.45) is 4.69. The van der Waals surface area contributed by atoms with Gasteiger partial charge in [-0.05, 0) is 108 Å². The van der Waals surface area contributed by atoms with Gasteiger partial charge in [0.25, 0.3) is 0 Å². The fourth-order valence-electron chi connectivity index (χ4n) is 5.48. The molecular formula is C35H48N2O4. The topological polar surface area (TPSA) is 82.0 Å². The van der Waals surface area contributed by atoms with Crippen LogP contribution in [0.1, 0.15) is 81.5 Å². The Kier molecular flexibility index (Phi) is 13.0. The Bertz CT molecular complexity index is 1170. The van der Waals surface area contributed by atoms with Gasteiger partial charge in [-0.2, -0.15) is 0 Å². The molecule has 0 heterocycles. The summed E-state index contributed by atoms with van der Waals surface area (Å²) in [6.45, 7) is 11.1. The second kappa shape index (κ2) is 16.7. The van der Waals surface area contributed by atoms with Crippen LogP contribution >= 0.6 is 0 Å². The van der Waals surface area contributed by atoms with E-state index >= 15 is 0 Å². The highest BCUT2D eigenvalue weighted by atomic mass is 16.5. The number of carboxylic acid groups (broad SMARTS) is 1.